The fraction of sp³-hybridized carbons (Fsp3) is 0.526. The smallest absolute Gasteiger partial charge is 0.289 e. The molecule has 29 heavy (non-hydrogen) atoms. The van der Waals surface area contributed by atoms with Crippen LogP contribution in [0.5, 0.6) is 0 Å². The van der Waals surface area contributed by atoms with Crippen LogP contribution in [0.1, 0.15) is 29.2 Å². The summed E-state index contributed by atoms with van der Waals surface area (Å²) >= 11 is 0. The van der Waals surface area contributed by atoms with E-state index in [-0.39, 0.29) is 12.0 Å². The molecule has 10 nitrogen and oxygen atoms in total. The third-order valence-corrected chi connectivity index (χ3v) is 5.44. The molecular formula is C19H23N7O3. The largest absolute Gasteiger partial charge is 0.456 e. The number of aromatic nitrogens is 5. The van der Waals surface area contributed by atoms with Gasteiger partial charge >= 0.3 is 0 Å². The highest BCUT2D eigenvalue weighted by molar-refractivity contribution is 5.91. The zero-order valence-electron chi connectivity index (χ0n) is 16.3. The van der Waals surface area contributed by atoms with Crippen molar-refractivity contribution in [3.63, 3.8) is 0 Å². The molecule has 2 aliphatic rings. The van der Waals surface area contributed by atoms with Crippen LogP contribution in [0.2, 0.25) is 0 Å². The Balaban J connectivity index is 1.33. The lowest BCUT2D eigenvalue weighted by molar-refractivity contribution is -0.0305. The average Bonchev–Trinajstić information content (AvgIpc) is 3.49. The van der Waals surface area contributed by atoms with Crippen molar-refractivity contribution in [3.05, 3.63) is 30.0 Å². The van der Waals surface area contributed by atoms with Crippen LogP contribution in [-0.4, -0.2) is 74.7 Å². The van der Waals surface area contributed by atoms with Gasteiger partial charge in [-0.3, -0.25) is 4.79 Å². The number of hydrogen-bond acceptors (Lipinski definition) is 8. The molecule has 2 fully saturated rings. The third kappa shape index (κ3) is 3.44. The molecule has 0 unspecified atom stereocenters. The molecule has 3 aromatic heterocycles. The first-order chi connectivity index (χ1) is 14.2. The van der Waals surface area contributed by atoms with E-state index in [9.17, 15) is 4.79 Å². The van der Waals surface area contributed by atoms with E-state index in [2.05, 4.69) is 25.2 Å². The molecule has 1 atom stereocenters. The number of aryl methyl sites for hydroxylation is 1. The van der Waals surface area contributed by atoms with Crippen LogP contribution in [0.3, 0.4) is 0 Å². The van der Waals surface area contributed by atoms with E-state index in [1.807, 2.05) is 6.92 Å². The second-order valence-corrected chi connectivity index (χ2v) is 7.49. The van der Waals surface area contributed by atoms with E-state index in [0.717, 1.165) is 37.5 Å². The monoisotopic (exact) mass is 397 g/mol. The van der Waals surface area contributed by atoms with Crippen LogP contribution in [-0.2, 0) is 11.3 Å². The number of amides is 1. The van der Waals surface area contributed by atoms with Gasteiger partial charge in [-0.05, 0) is 31.9 Å². The summed E-state index contributed by atoms with van der Waals surface area (Å²) in [5, 5.41) is 8.62. The van der Waals surface area contributed by atoms with Crippen LogP contribution in [0.15, 0.2) is 22.9 Å². The van der Waals surface area contributed by atoms with E-state index in [4.69, 9.17) is 9.15 Å². The molecular weight excluding hydrogens is 374 g/mol. The molecule has 0 radical (unpaired) electrons. The molecule has 0 spiro atoms. The summed E-state index contributed by atoms with van der Waals surface area (Å²) in [4.78, 5) is 25.5. The molecule has 0 aliphatic carbocycles. The van der Waals surface area contributed by atoms with Crippen LogP contribution in [0, 0.1) is 6.92 Å². The fourth-order valence-corrected chi connectivity index (χ4v) is 3.98. The van der Waals surface area contributed by atoms with E-state index in [0.29, 0.717) is 43.2 Å². The van der Waals surface area contributed by atoms with Gasteiger partial charge in [0.15, 0.2) is 22.7 Å². The Hall–Kier alpha value is -3.01. The third-order valence-electron chi connectivity index (χ3n) is 5.44. The first kappa shape index (κ1) is 18.0. The Kier molecular flexibility index (Phi) is 4.62. The van der Waals surface area contributed by atoms with E-state index < -0.39 is 0 Å². The number of carbonyl (C=O) groups is 1. The van der Waals surface area contributed by atoms with Gasteiger partial charge in [-0.2, -0.15) is 0 Å². The summed E-state index contributed by atoms with van der Waals surface area (Å²) in [7, 11) is 0. The number of rotatable bonds is 4. The van der Waals surface area contributed by atoms with E-state index in [1.54, 1.807) is 28.0 Å². The van der Waals surface area contributed by atoms with Crippen molar-refractivity contribution in [2.45, 2.75) is 32.4 Å². The SMILES string of the molecule is Cc1ccc(C(=O)N2CCO[C@H](Cn3nnc4c(N5CCCC5)ncnc43)C2)o1. The standard InChI is InChI=1S/C19H23N7O3/c1-13-4-5-15(29-13)19(27)25-8-9-28-14(10-25)11-26-18-16(22-23-26)17(20-12-21-18)24-6-2-3-7-24/h4-5,12,14H,2-3,6-11H2,1H3/t14-/m0/s1. The summed E-state index contributed by atoms with van der Waals surface area (Å²) in [6.07, 6.45) is 3.69. The molecule has 2 saturated heterocycles. The van der Waals surface area contributed by atoms with Gasteiger partial charge in [0.05, 0.1) is 19.3 Å². The molecule has 2 aliphatic heterocycles. The minimum atomic E-state index is -0.195. The maximum atomic E-state index is 12.7. The highest BCUT2D eigenvalue weighted by Crippen LogP contribution is 2.24. The van der Waals surface area contributed by atoms with Crippen LogP contribution in [0.4, 0.5) is 5.82 Å². The highest BCUT2D eigenvalue weighted by atomic mass is 16.5. The molecule has 0 bridgehead atoms. The molecule has 152 valence electrons. The number of ether oxygens (including phenoxy) is 1. The predicted molar refractivity (Wildman–Crippen MR) is 104 cm³/mol. The molecule has 1 amide bonds. The lowest BCUT2D eigenvalue weighted by Gasteiger charge is -2.32. The first-order valence-electron chi connectivity index (χ1n) is 9.95. The molecule has 0 saturated carbocycles. The minimum Gasteiger partial charge on any atom is -0.456 e. The lowest BCUT2D eigenvalue weighted by Crippen LogP contribution is -2.47. The van der Waals surface area contributed by atoms with Gasteiger partial charge in [-0.1, -0.05) is 5.21 Å². The van der Waals surface area contributed by atoms with Gasteiger partial charge < -0.3 is 19.0 Å². The number of carbonyl (C=O) groups excluding carboxylic acids is 1. The maximum Gasteiger partial charge on any atom is 0.289 e. The number of fused-ring (bicyclic) bond motifs is 1. The Labute approximate surface area is 167 Å². The predicted octanol–water partition coefficient (Wildman–Crippen LogP) is 1.26. The van der Waals surface area contributed by atoms with Gasteiger partial charge in [-0.25, -0.2) is 14.6 Å². The summed E-state index contributed by atoms with van der Waals surface area (Å²) in [5.74, 6) is 1.81. The summed E-state index contributed by atoms with van der Waals surface area (Å²) in [6.45, 7) is 5.72. The van der Waals surface area contributed by atoms with Crippen molar-refractivity contribution >= 4 is 22.9 Å². The van der Waals surface area contributed by atoms with Crippen LogP contribution in [0.25, 0.3) is 11.2 Å². The lowest BCUT2D eigenvalue weighted by atomic mass is 10.2. The molecule has 0 aromatic carbocycles. The van der Waals surface area contributed by atoms with Crippen molar-refractivity contribution in [2.75, 3.05) is 37.7 Å². The first-order valence-corrected chi connectivity index (χ1v) is 9.95. The van der Waals surface area contributed by atoms with Crippen LogP contribution >= 0.6 is 0 Å². The Bertz CT molecular complexity index is 1020. The Morgan fingerprint density at radius 2 is 2.07 bits per heavy atom. The van der Waals surface area contributed by atoms with Crippen molar-refractivity contribution in [3.8, 4) is 0 Å². The van der Waals surface area contributed by atoms with Crippen molar-refractivity contribution in [2.24, 2.45) is 0 Å². The number of anilines is 1. The van der Waals surface area contributed by atoms with E-state index >= 15 is 0 Å². The summed E-state index contributed by atoms with van der Waals surface area (Å²) < 4.78 is 13.1. The fourth-order valence-electron chi connectivity index (χ4n) is 3.98. The average molecular weight is 397 g/mol. The van der Waals surface area contributed by atoms with Crippen molar-refractivity contribution in [1.29, 1.82) is 0 Å². The van der Waals surface area contributed by atoms with Gasteiger partial charge in [0, 0.05) is 26.2 Å². The number of nitrogens with zero attached hydrogens (tertiary/aromatic N) is 7. The zero-order valence-corrected chi connectivity index (χ0v) is 16.3. The Morgan fingerprint density at radius 3 is 2.86 bits per heavy atom. The van der Waals surface area contributed by atoms with Crippen LogP contribution < -0.4 is 4.90 Å². The molecule has 5 heterocycles. The number of morpholine rings is 1. The van der Waals surface area contributed by atoms with Crippen molar-refractivity contribution in [1.82, 2.24) is 29.9 Å². The number of furan rings is 1. The maximum absolute atomic E-state index is 12.7. The van der Waals surface area contributed by atoms with Crippen molar-refractivity contribution < 1.29 is 13.9 Å². The quantitative estimate of drug-likeness (QED) is 0.648. The topological polar surface area (TPSA) is 102 Å². The summed E-state index contributed by atoms with van der Waals surface area (Å²) in [6, 6.07) is 3.51. The van der Waals surface area contributed by atoms with Gasteiger partial charge in [0.2, 0.25) is 0 Å². The normalized spacial score (nSPS) is 20.0. The summed E-state index contributed by atoms with van der Waals surface area (Å²) in [5.41, 5.74) is 1.40. The number of hydrogen-bond donors (Lipinski definition) is 0. The molecule has 5 rings (SSSR count). The van der Waals surface area contributed by atoms with Gasteiger partial charge in [0.25, 0.3) is 5.91 Å². The second kappa shape index (κ2) is 7.43. The Morgan fingerprint density at radius 1 is 1.21 bits per heavy atom. The second-order valence-electron chi connectivity index (χ2n) is 7.49. The minimum absolute atomic E-state index is 0.117. The molecule has 3 aromatic rings. The highest BCUT2D eigenvalue weighted by Gasteiger charge is 2.28. The molecule has 0 N–H and O–H groups in total. The zero-order chi connectivity index (χ0) is 19.8. The van der Waals surface area contributed by atoms with Gasteiger partial charge in [0.1, 0.15) is 12.1 Å². The molecule has 10 heteroatoms. The van der Waals surface area contributed by atoms with E-state index in [1.165, 1.54) is 0 Å². The van der Waals surface area contributed by atoms with Gasteiger partial charge in [-0.15, -0.1) is 5.10 Å².